The Kier molecular flexibility index (Phi) is 4.27. The maximum atomic E-state index is 13.2. The van der Waals surface area contributed by atoms with Crippen molar-refractivity contribution in [3.05, 3.63) is 75.8 Å². The molecule has 1 amide bonds. The van der Waals surface area contributed by atoms with Gasteiger partial charge in [-0.1, -0.05) is 41.9 Å². The molecule has 4 rings (SSSR count). The quantitative estimate of drug-likeness (QED) is 0.604. The summed E-state index contributed by atoms with van der Waals surface area (Å²) in [6.45, 7) is 1.96. The van der Waals surface area contributed by atoms with Crippen LogP contribution in [0.15, 0.2) is 70.3 Å². The van der Waals surface area contributed by atoms with E-state index in [-0.39, 0.29) is 5.91 Å². The maximum Gasteiger partial charge on any atom is 0.283 e. The van der Waals surface area contributed by atoms with Crippen LogP contribution in [0.4, 0.5) is 5.69 Å². The highest BCUT2D eigenvalue weighted by atomic mass is 35.5. The molecule has 2 aliphatic rings. The summed E-state index contributed by atoms with van der Waals surface area (Å²) in [5, 5.41) is 7.79. The van der Waals surface area contributed by atoms with Crippen LogP contribution >= 0.6 is 23.4 Å². The van der Waals surface area contributed by atoms with Gasteiger partial charge in [0.1, 0.15) is 5.71 Å². The number of hydrogen-bond donors (Lipinski definition) is 0. The van der Waals surface area contributed by atoms with Gasteiger partial charge in [-0.25, -0.2) is 0 Å². The number of hydrogen-bond acceptors (Lipinski definition) is 4. The predicted octanol–water partition coefficient (Wildman–Crippen LogP) is 3.98. The van der Waals surface area contributed by atoms with Crippen molar-refractivity contribution >= 4 is 40.7 Å². The van der Waals surface area contributed by atoms with E-state index < -0.39 is 0 Å². The van der Waals surface area contributed by atoms with Crippen LogP contribution in [0, 0.1) is 0 Å². The Bertz CT molecular complexity index is 873. The molecule has 0 saturated carbocycles. The average Bonchev–Trinajstić information content (AvgIpc) is 3.42. The Morgan fingerprint density at radius 1 is 1.08 bits per heavy atom. The summed E-state index contributed by atoms with van der Waals surface area (Å²) in [6.07, 6.45) is 2.00. The van der Waals surface area contributed by atoms with Crippen molar-refractivity contribution in [3.8, 4) is 0 Å². The van der Waals surface area contributed by atoms with Crippen molar-refractivity contribution in [1.29, 1.82) is 0 Å². The van der Waals surface area contributed by atoms with E-state index in [0.717, 1.165) is 29.4 Å². The smallest absolute Gasteiger partial charge is 0.283 e. The number of thioether (sulfide) groups is 1. The summed E-state index contributed by atoms with van der Waals surface area (Å²) in [5.74, 6) is -0.0904. The normalized spacial score (nSPS) is 18.5. The number of carbonyl (C=O) groups excluding carboxylic acids is 1. The highest BCUT2D eigenvalue weighted by molar-refractivity contribution is 8.02. The fourth-order valence-electron chi connectivity index (χ4n) is 2.79. The third kappa shape index (κ3) is 3.05. The molecule has 0 atom stereocenters. The molecule has 25 heavy (non-hydrogen) atoms. The molecule has 0 aromatic heterocycles. The summed E-state index contributed by atoms with van der Waals surface area (Å²) in [6, 6.07) is 17.0. The molecule has 1 fully saturated rings. The highest BCUT2D eigenvalue weighted by Gasteiger charge is 2.37. The number of hydrazone groups is 1. The summed E-state index contributed by atoms with van der Waals surface area (Å²) >= 11 is 7.61. The Morgan fingerprint density at radius 2 is 1.76 bits per heavy atom. The molecule has 2 aromatic carbocycles. The van der Waals surface area contributed by atoms with Crippen molar-refractivity contribution < 1.29 is 4.79 Å². The van der Waals surface area contributed by atoms with E-state index >= 15 is 0 Å². The van der Waals surface area contributed by atoms with Gasteiger partial charge in [0.25, 0.3) is 5.91 Å². The van der Waals surface area contributed by atoms with Crippen molar-refractivity contribution in [3.63, 3.8) is 0 Å². The number of benzene rings is 2. The van der Waals surface area contributed by atoms with Crippen molar-refractivity contribution in [2.75, 3.05) is 24.4 Å². The van der Waals surface area contributed by atoms with Crippen LogP contribution in [0.1, 0.15) is 5.56 Å². The van der Waals surface area contributed by atoms with E-state index in [9.17, 15) is 4.79 Å². The Labute approximate surface area is 155 Å². The number of amides is 1. The number of anilines is 1. The van der Waals surface area contributed by atoms with Crippen LogP contribution in [0.3, 0.4) is 0 Å². The first-order valence-electron chi connectivity index (χ1n) is 7.96. The lowest BCUT2D eigenvalue weighted by atomic mass is 10.0. The van der Waals surface area contributed by atoms with Gasteiger partial charge in [0, 0.05) is 23.7 Å². The fourth-order valence-corrected chi connectivity index (χ4v) is 3.75. The second kappa shape index (κ2) is 6.58. The number of rotatable bonds is 4. The third-order valence-electron chi connectivity index (χ3n) is 4.10. The van der Waals surface area contributed by atoms with Gasteiger partial charge in [0.2, 0.25) is 0 Å². The zero-order valence-corrected chi connectivity index (χ0v) is 15.2. The summed E-state index contributed by atoms with van der Waals surface area (Å²) in [7, 11) is 0. The molecule has 0 N–H and O–H groups in total. The topological polar surface area (TPSA) is 35.7 Å². The third-order valence-corrected chi connectivity index (χ3v) is 5.20. The number of carbonyl (C=O) groups is 1. The number of nitrogens with zero attached hydrogens (tertiary/aromatic N) is 3. The van der Waals surface area contributed by atoms with E-state index in [4.69, 9.17) is 11.6 Å². The number of halogens is 1. The van der Waals surface area contributed by atoms with E-state index in [2.05, 4.69) is 10.0 Å². The standard InChI is InChI=1S/C19H16ClN3OS/c1-25-19(22-11-12-22)16-17(13-7-9-14(20)10-8-13)21-23(18(16)24)15-5-3-2-4-6-15/h2-10H,11-12H2,1H3/b19-16-. The van der Waals surface area contributed by atoms with Gasteiger partial charge in [0.15, 0.2) is 0 Å². The van der Waals surface area contributed by atoms with Crippen LogP contribution in [-0.4, -0.2) is 35.9 Å². The lowest BCUT2D eigenvalue weighted by Crippen LogP contribution is -2.23. The van der Waals surface area contributed by atoms with E-state index in [1.807, 2.05) is 60.9 Å². The van der Waals surface area contributed by atoms with Gasteiger partial charge in [-0.05, 0) is 30.5 Å². The lowest BCUT2D eigenvalue weighted by molar-refractivity contribution is -0.114. The maximum absolute atomic E-state index is 13.2. The first-order chi connectivity index (χ1) is 12.2. The Hall–Kier alpha value is -2.24. The van der Waals surface area contributed by atoms with Crippen LogP contribution in [0.25, 0.3) is 0 Å². The molecule has 1 saturated heterocycles. The molecular formula is C19H16ClN3OS. The van der Waals surface area contributed by atoms with Crippen LogP contribution in [0.5, 0.6) is 0 Å². The molecule has 4 nitrogen and oxygen atoms in total. The summed E-state index contributed by atoms with van der Waals surface area (Å²) in [4.78, 5) is 15.4. The largest absolute Gasteiger partial charge is 0.362 e. The second-order valence-corrected chi connectivity index (χ2v) is 7.01. The van der Waals surface area contributed by atoms with E-state index in [0.29, 0.717) is 16.3 Å². The molecule has 0 unspecified atom stereocenters. The van der Waals surface area contributed by atoms with Crippen LogP contribution in [-0.2, 0) is 4.79 Å². The monoisotopic (exact) mass is 369 g/mol. The predicted molar refractivity (Wildman–Crippen MR) is 104 cm³/mol. The van der Waals surface area contributed by atoms with Crippen molar-refractivity contribution in [2.45, 2.75) is 0 Å². The minimum absolute atomic E-state index is 0.0904. The fraction of sp³-hybridized carbons (Fsp3) is 0.158. The minimum atomic E-state index is -0.0904. The molecule has 2 aromatic rings. The zero-order valence-electron chi connectivity index (χ0n) is 13.6. The highest BCUT2D eigenvalue weighted by Crippen LogP contribution is 2.35. The molecular weight excluding hydrogens is 354 g/mol. The summed E-state index contributed by atoms with van der Waals surface area (Å²) in [5.41, 5.74) is 3.01. The first kappa shape index (κ1) is 16.2. The molecule has 6 heteroatoms. The molecule has 2 aliphatic heterocycles. The molecule has 0 spiro atoms. The van der Waals surface area contributed by atoms with Gasteiger partial charge in [-0.2, -0.15) is 10.1 Å². The van der Waals surface area contributed by atoms with Crippen LogP contribution in [0.2, 0.25) is 5.02 Å². The van der Waals surface area contributed by atoms with Gasteiger partial charge >= 0.3 is 0 Å². The van der Waals surface area contributed by atoms with Crippen molar-refractivity contribution in [2.24, 2.45) is 5.10 Å². The molecule has 0 radical (unpaired) electrons. The Balaban J connectivity index is 1.86. The molecule has 0 bridgehead atoms. The van der Waals surface area contributed by atoms with Gasteiger partial charge in [-0.3, -0.25) is 4.79 Å². The number of para-hydroxylation sites is 1. The van der Waals surface area contributed by atoms with E-state index in [1.54, 1.807) is 11.8 Å². The van der Waals surface area contributed by atoms with Crippen LogP contribution < -0.4 is 5.01 Å². The van der Waals surface area contributed by atoms with Gasteiger partial charge in [-0.15, -0.1) is 11.8 Å². The lowest BCUT2D eigenvalue weighted by Gasteiger charge is -2.13. The second-order valence-electron chi connectivity index (χ2n) is 5.78. The van der Waals surface area contributed by atoms with Gasteiger partial charge < -0.3 is 4.90 Å². The summed E-state index contributed by atoms with van der Waals surface area (Å²) < 4.78 is 0. The first-order valence-corrected chi connectivity index (χ1v) is 9.57. The molecule has 2 heterocycles. The SMILES string of the molecule is CS/C(=C1\C(=O)N(c2ccccc2)N=C1c1ccc(Cl)cc1)N1CC1. The minimum Gasteiger partial charge on any atom is -0.362 e. The molecule has 0 aliphatic carbocycles. The zero-order chi connectivity index (χ0) is 17.4. The Morgan fingerprint density at radius 3 is 2.36 bits per heavy atom. The van der Waals surface area contributed by atoms with Gasteiger partial charge in [0.05, 0.1) is 16.3 Å². The average molecular weight is 370 g/mol. The molecule has 126 valence electrons. The van der Waals surface area contributed by atoms with Crippen molar-refractivity contribution in [1.82, 2.24) is 4.90 Å². The van der Waals surface area contributed by atoms with E-state index in [1.165, 1.54) is 5.01 Å².